The maximum absolute atomic E-state index is 8.41. The quantitative estimate of drug-likeness (QED) is 0.270. The predicted molar refractivity (Wildman–Crippen MR) is 46.5 cm³/mol. The lowest BCUT2D eigenvalue weighted by Crippen LogP contribution is -2.08. The van der Waals surface area contributed by atoms with Crippen LogP contribution in [0.25, 0.3) is 0 Å². The van der Waals surface area contributed by atoms with Crippen molar-refractivity contribution >= 4 is 6.21 Å². The van der Waals surface area contributed by atoms with Crippen LogP contribution in [0.4, 0.5) is 0 Å². The van der Waals surface area contributed by atoms with Gasteiger partial charge < -0.3 is 15.1 Å². The molecule has 0 heterocycles. The van der Waals surface area contributed by atoms with Gasteiger partial charge >= 0.3 is 0 Å². The van der Waals surface area contributed by atoms with E-state index in [0.29, 0.717) is 6.61 Å². The fraction of sp³-hybridized carbons (Fsp3) is 0.625. The molecule has 0 radical (unpaired) electrons. The smallest absolute Gasteiger partial charge is 0.0855 e. The Bertz CT molecular complexity index is 145. The molecule has 0 aromatic rings. The normalized spacial score (nSPS) is 14.5. The average molecular weight is 173 g/mol. The van der Waals surface area contributed by atoms with Crippen LogP contribution in [0.3, 0.4) is 0 Å². The first-order valence-electron chi connectivity index (χ1n) is 3.84. The molecule has 0 unspecified atom stereocenters. The summed E-state index contributed by atoms with van der Waals surface area (Å²) < 4.78 is 5.19. The van der Waals surface area contributed by atoms with Crippen LogP contribution in [0.15, 0.2) is 17.3 Å². The number of hydrogen-bond acceptors (Lipinski definition) is 4. The molecule has 0 aromatic carbocycles. The Morgan fingerprint density at radius 2 is 2.25 bits per heavy atom. The van der Waals surface area contributed by atoms with Gasteiger partial charge in [0.1, 0.15) is 0 Å². The Kier molecular flexibility index (Phi) is 7.63. The van der Waals surface area contributed by atoms with Gasteiger partial charge in [0.2, 0.25) is 0 Å². The van der Waals surface area contributed by atoms with Gasteiger partial charge in [-0.1, -0.05) is 17.3 Å². The van der Waals surface area contributed by atoms with Crippen LogP contribution in [0.2, 0.25) is 0 Å². The molecule has 0 fully saturated rings. The van der Waals surface area contributed by atoms with Gasteiger partial charge in [0, 0.05) is 0 Å². The van der Waals surface area contributed by atoms with Crippen molar-refractivity contribution in [1.29, 1.82) is 0 Å². The summed E-state index contributed by atoms with van der Waals surface area (Å²) in [6.07, 6.45) is 5.62. The highest BCUT2D eigenvalue weighted by molar-refractivity contribution is 5.57. The zero-order valence-corrected chi connectivity index (χ0v) is 7.18. The highest BCUT2D eigenvalue weighted by Gasteiger charge is 1.96. The SMILES string of the molecule is C[C@@H](C/C=C/CO)OCC=NO. The Hall–Kier alpha value is -0.870. The number of nitrogens with zero attached hydrogens (tertiary/aromatic N) is 1. The van der Waals surface area contributed by atoms with E-state index < -0.39 is 0 Å². The molecule has 2 N–H and O–H groups in total. The van der Waals surface area contributed by atoms with Crippen LogP contribution in [-0.4, -0.2) is 35.8 Å². The molecule has 4 nitrogen and oxygen atoms in total. The van der Waals surface area contributed by atoms with E-state index >= 15 is 0 Å². The van der Waals surface area contributed by atoms with Gasteiger partial charge in [-0.15, -0.1) is 0 Å². The zero-order chi connectivity index (χ0) is 9.23. The maximum atomic E-state index is 8.41. The van der Waals surface area contributed by atoms with E-state index in [9.17, 15) is 0 Å². The van der Waals surface area contributed by atoms with Crippen LogP contribution in [0.1, 0.15) is 13.3 Å². The van der Waals surface area contributed by atoms with Crippen molar-refractivity contribution in [3.8, 4) is 0 Å². The zero-order valence-electron chi connectivity index (χ0n) is 7.18. The molecule has 0 saturated carbocycles. The van der Waals surface area contributed by atoms with E-state index in [0.717, 1.165) is 6.42 Å². The monoisotopic (exact) mass is 173 g/mol. The molecule has 0 bridgehead atoms. The topological polar surface area (TPSA) is 62.0 Å². The standard InChI is InChI=1S/C8H15NO3/c1-8(4-2-3-6-10)12-7-5-9-11/h2-3,5,8,10-11H,4,6-7H2,1H3/b3-2+,9-5?/t8-/m0/s1. The summed E-state index contributed by atoms with van der Waals surface area (Å²) >= 11 is 0. The molecule has 1 atom stereocenters. The predicted octanol–water partition coefficient (Wildman–Crippen LogP) is 0.790. The molecule has 0 saturated heterocycles. The van der Waals surface area contributed by atoms with E-state index in [1.807, 2.05) is 13.0 Å². The number of hydrogen-bond donors (Lipinski definition) is 2. The van der Waals surface area contributed by atoms with Crippen molar-refractivity contribution in [3.63, 3.8) is 0 Å². The summed E-state index contributed by atoms with van der Waals surface area (Å²) in [6, 6.07) is 0. The minimum absolute atomic E-state index is 0.0603. The molecule has 0 spiro atoms. The number of oxime groups is 1. The van der Waals surface area contributed by atoms with Crippen LogP contribution in [-0.2, 0) is 4.74 Å². The number of aliphatic hydroxyl groups excluding tert-OH is 1. The first kappa shape index (κ1) is 11.1. The molecule has 0 amide bonds. The van der Waals surface area contributed by atoms with Gasteiger partial charge in [0.25, 0.3) is 0 Å². The fourth-order valence-electron chi connectivity index (χ4n) is 0.671. The molecule has 4 heteroatoms. The molecule has 0 aliphatic carbocycles. The van der Waals surface area contributed by atoms with Crippen molar-refractivity contribution in [2.24, 2.45) is 5.16 Å². The molecule has 0 rings (SSSR count). The van der Waals surface area contributed by atoms with E-state index in [1.54, 1.807) is 6.08 Å². The molecule has 70 valence electrons. The van der Waals surface area contributed by atoms with Crippen LogP contribution >= 0.6 is 0 Å². The lowest BCUT2D eigenvalue weighted by atomic mass is 10.2. The summed E-state index contributed by atoms with van der Waals surface area (Å²) in [7, 11) is 0. The first-order valence-corrected chi connectivity index (χ1v) is 3.84. The molecular weight excluding hydrogens is 158 g/mol. The Balaban J connectivity index is 3.32. The number of aliphatic hydroxyl groups is 1. The highest BCUT2D eigenvalue weighted by Crippen LogP contribution is 1.97. The van der Waals surface area contributed by atoms with E-state index in [4.69, 9.17) is 15.1 Å². The lowest BCUT2D eigenvalue weighted by molar-refractivity contribution is 0.0990. The molecule has 0 aliphatic heterocycles. The summed E-state index contributed by atoms with van der Waals surface area (Å²) in [4.78, 5) is 0. The molecule has 0 aliphatic rings. The third-order valence-electron chi connectivity index (χ3n) is 1.28. The van der Waals surface area contributed by atoms with E-state index in [-0.39, 0.29) is 12.7 Å². The fourth-order valence-corrected chi connectivity index (χ4v) is 0.671. The van der Waals surface area contributed by atoms with E-state index in [2.05, 4.69) is 5.16 Å². The third-order valence-corrected chi connectivity index (χ3v) is 1.28. The van der Waals surface area contributed by atoms with Crippen LogP contribution in [0, 0.1) is 0 Å². The minimum atomic E-state index is 0.0603. The Morgan fingerprint density at radius 1 is 1.50 bits per heavy atom. The molecule has 12 heavy (non-hydrogen) atoms. The second kappa shape index (κ2) is 8.23. The first-order chi connectivity index (χ1) is 5.81. The van der Waals surface area contributed by atoms with Crippen LogP contribution in [0.5, 0.6) is 0 Å². The Labute approximate surface area is 72.2 Å². The summed E-state index contributed by atoms with van der Waals surface area (Å²) in [5, 5.41) is 19.2. The maximum Gasteiger partial charge on any atom is 0.0855 e. The van der Waals surface area contributed by atoms with Crippen molar-refractivity contribution in [3.05, 3.63) is 12.2 Å². The van der Waals surface area contributed by atoms with Gasteiger partial charge in [0.05, 0.1) is 25.5 Å². The summed E-state index contributed by atoms with van der Waals surface area (Å²) in [5.41, 5.74) is 0. The van der Waals surface area contributed by atoms with Crippen molar-refractivity contribution < 1.29 is 15.1 Å². The number of rotatable bonds is 6. The van der Waals surface area contributed by atoms with Crippen molar-refractivity contribution in [2.75, 3.05) is 13.2 Å². The average Bonchev–Trinajstić information content (AvgIpc) is 2.06. The minimum Gasteiger partial charge on any atom is -0.411 e. The second-order valence-corrected chi connectivity index (χ2v) is 2.33. The number of ether oxygens (including phenoxy) is 1. The van der Waals surface area contributed by atoms with Gasteiger partial charge in [-0.05, 0) is 13.3 Å². The lowest BCUT2D eigenvalue weighted by Gasteiger charge is -2.07. The largest absolute Gasteiger partial charge is 0.411 e. The summed E-state index contributed by atoms with van der Waals surface area (Å²) in [6.45, 7) is 2.28. The van der Waals surface area contributed by atoms with Crippen LogP contribution < -0.4 is 0 Å². The third kappa shape index (κ3) is 7.24. The van der Waals surface area contributed by atoms with E-state index in [1.165, 1.54) is 6.21 Å². The van der Waals surface area contributed by atoms with Crippen molar-refractivity contribution in [2.45, 2.75) is 19.4 Å². The Morgan fingerprint density at radius 3 is 2.83 bits per heavy atom. The van der Waals surface area contributed by atoms with Gasteiger partial charge in [-0.2, -0.15) is 0 Å². The second-order valence-electron chi connectivity index (χ2n) is 2.33. The van der Waals surface area contributed by atoms with Gasteiger partial charge in [-0.3, -0.25) is 0 Å². The molecule has 0 aromatic heterocycles. The van der Waals surface area contributed by atoms with Crippen molar-refractivity contribution in [1.82, 2.24) is 0 Å². The highest BCUT2D eigenvalue weighted by atomic mass is 16.5. The van der Waals surface area contributed by atoms with Gasteiger partial charge in [-0.25, -0.2) is 0 Å². The summed E-state index contributed by atoms with van der Waals surface area (Å²) in [5.74, 6) is 0. The molecular formula is C8H15NO3. The van der Waals surface area contributed by atoms with Gasteiger partial charge in [0.15, 0.2) is 0 Å².